The molecular formula is C43H74O9. The lowest BCUT2D eigenvalue weighted by molar-refractivity contribution is -0.305. The van der Waals surface area contributed by atoms with E-state index in [2.05, 4.69) is 74.6 Å². The van der Waals surface area contributed by atoms with Crippen LogP contribution in [0.3, 0.4) is 0 Å². The van der Waals surface area contributed by atoms with Crippen molar-refractivity contribution in [2.75, 3.05) is 26.4 Å². The highest BCUT2D eigenvalue weighted by Crippen LogP contribution is 2.22. The van der Waals surface area contributed by atoms with Crippen LogP contribution >= 0.6 is 0 Å². The van der Waals surface area contributed by atoms with E-state index in [1.165, 1.54) is 57.8 Å². The van der Waals surface area contributed by atoms with Crippen molar-refractivity contribution >= 4 is 5.97 Å². The predicted octanol–water partition coefficient (Wildman–Crippen LogP) is 8.35. The summed E-state index contributed by atoms with van der Waals surface area (Å²) in [6.45, 7) is 4.24. The van der Waals surface area contributed by atoms with E-state index in [-0.39, 0.29) is 19.2 Å². The zero-order chi connectivity index (χ0) is 37.9. The lowest BCUT2D eigenvalue weighted by Crippen LogP contribution is -2.59. The molecule has 1 aliphatic heterocycles. The van der Waals surface area contributed by atoms with E-state index >= 15 is 0 Å². The summed E-state index contributed by atoms with van der Waals surface area (Å²) in [5, 5.41) is 39.7. The lowest BCUT2D eigenvalue weighted by Gasteiger charge is -2.39. The van der Waals surface area contributed by atoms with Crippen LogP contribution in [0.4, 0.5) is 0 Å². The molecule has 0 aromatic rings. The smallest absolute Gasteiger partial charge is 0.306 e. The number of carbonyl (C=O) groups excluding carboxylic acids is 1. The van der Waals surface area contributed by atoms with E-state index in [9.17, 15) is 25.2 Å². The van der Waals surface area contributed by atoms with Gasteiger partial charge in [-0.05, 0) is 57.8 Å². The molecule has 0 amide bonds. The maximum absolute atomic E-state index is 12.4. The van der Waals surface area contributed by atoms with Crippen molar-refractivity contribution in [3.63, 3.8) is 0 Å². The van der Waals surface area contributed by atoms with E-state index in [0.29, 0.717) is 13.0 Å². The van der Waals surface area contributed by atoms with Crippen molar-refractivity contribution < 1.29 is 44.2 Å². The zero-order valence-corrected chi connectivity index (χ0v) is 32.5. The van der Waals surface area contributed by atoms with Crippen LogP contribution < -0.4 is 0 Å². The molecule has 6 atom stereocenters. The SMILES string of the molecule is CC/C=C\C/C=C\C/C=C\C/C=C\C/C=C\CCCCCCCCCCCCOCC(COC1OC(CO)C(O)C(O)C1O)OC(=O)CCCCC. The first-order valence-corrected chi connectivity index (χ1v) is 20.4. The van der Waals surface area contributed by atoms with E-state index in [0.717, 1.165) is 64.2 Å². The quantitative estimate of drug-likeness (QED) is 0.0298. The highest BCUT2D eigenvalue weighted by Gasteiger charge is 2.44. The first-order valence-electron chi connectivity index (χ1n) is 20.4. The molecule has 9 heteroatoms. The Morgan fingerprint density at radius 3 is 1.73 bits per heavy atom. The maximum Gasteiger partial charge on any atom is 0.306 e. The number of hydrogen-bond acceptors (Lipinski definition) is 9. The molecule has 0 aromatic carbocycles. The van der Waals surface area contributed by atoms with Gasteiger partial charge in [0.1, 0.15) is 30.5 Å². The monoisotopic (exact) mass is 735 g/mol. The number of carbonyl (C=O) groups is 1. The Balaban J connectivity index is 2.07. The minimum atomic E-state index is -1.53. The van der Waals surface area contributed by atoms with E-state index in [1.807, 2.05) is 0 Å². The minimum absolute atomic E-state index is 0.119. The Bertz CT molecular complexity index is 974. The first kappa shape index (κ1) is 47.9. The zero-order valence-electron chi connectivity index (χ0n) is 32.5. The highest BCUT2D eigenvalue weighted by molar-refractivity contribution is 5.69. The van der Waals surface area contributed by atoms with Crippen molar-refractivity contribution in [2.45, 2.75) is 179 Å². The molecule has 4 N–H and O–H groups in total. The molecule has 1 aliphatic rings. The predicted molar refractivity (Wildman–Crippen MR) is 210 cm³/mol. The molecule has 1 rings (SSSR count). The minimum Gasteiger partial charge on any atom is -0.457 e. The van der Waals surface area contributed by atoms with Crippen LogP contribution in [0.2, 0.25) is 0 Å². The molecule has 0 aromatic heterocycles. The number of esters is 1. The largest absolute Gasteiger partial charge is 0.457 e. The second kappa shape index (κ2) is 34.6. The van der Waals surface area contributed by atoms with Gasteiger partial charge in [-0.1, -0.05) is 139 Å². The van der Waals surface area contributed by atoms with Crippen molar-refractivity contribution in [3.8, 4) is 0 Å². The van der Waals surface area contributed by atoms with Gasteiger partial charge in [-0.2, -0.15) is 0 Å². The molecular weight excluding hydrogens is 660 g/mol. The van der Waals surface area contributed by atoms with E-state index < -0.39 is 43.4 Å². The van der Waals surface area contributed by atoms with Crippen molar-refractivity contribution in [1.82, 2.24) is 0 Å². The Morgan fingerprint density at radius 1 is 0.635 bits per heavy atom. The average molecular weight is 735 g/mol. The number of aliphatic hydroxyl groups is 4. The Kier molecular flexibility index (Phi) is 31.9. The number of rotatable bonds is 33. The summed E-state index contributed by atoms with van der Waals surface area (Å²) >= 11 is 0. The number of allylic oxidation sites excluding steroid dienone is 10. The fraction of sp³-hybridized carbons (Fsp3) is 0.744. The molecule has 52 heavy (non-hydrogen) atoms. The lowest BCUT2D eigenvalue weighted by atomic mass is 9.99. The first-order chi connectivity index (χ1) is 25.4. The molecule has 1 heterocycles. The van der Waals surface area contributed by atoms with Crippen LogP contribution in [0.1, 0.15) is 142 Å². The third-order valence-corrected chi connectivity index (χ3v) is 8.95. The maximum atomic E-state index is 12.4. The fourth-order valence-corrected chi connectivity index (χ4v) is 5.75. The fourth-order valence-electron chi connectivity index (χ4n) is 5.75. The Morgan fingerprint density at radius 2 is 1.17 bits per heavy atom. The van der Waals surface area contributed by atoms with Crippen LogP contribution in [0.15, 0.2) is 60.8 Å². The second-order valence-corrected chi connectivity index (χ2v) is 13.7. The number of hydrogen-bond donors (Lipinski definition) is 4. The molecule has 300 valence electrons. The molecule has 0 saturated carbocycles. The Hall–Kier alpha value is -2.11. The molecule has 0 spiro atoms. The molecule has 0 bridgehead atoms. The number of aliphatic hydroxyl groups excluding tert-OH is 4. The van der Waals surface area contributed by atoms with Gasteiger partial charge in [0.05, 0.1) is 19.8 Å². The van der Waals surface area contributed by atoms with Gasteiger partial charge in [0.15, 0.2) is 6.29 Å². The summed E-state index contributed by atoms with van der Waals surface area (Å²) in [6.07, 6.45) is 36.3. The third kappa shape index (κ3) is 25.8. The van der Waals surface area contributed by atoms with Crippen LogP contribution in [-0.2, 0) is 23.7 Å². The molecule has 1 fully saturated rings. The van der Waals surface area contributed by atoms with Crippen LogP contribution in [0.5, 0.6) is 0 Å². The number of unbranched alkanes of at least 4 members (excludes halogenated alkanes) is 12. The van der Waals surface area contributed by atoms with Gasteiger partial charge in [0.25, 0.3) is 0 Å². The third-order valence-electron chi connectivity index (χ3n) is 8.95. The van der Waals surface area contributed by atoms with Gasteiger partial charge in [0.2, 0.25) is 0 Å². The van der Waals surface area contributed by atoms with Gasteiger partial charge in [-0.3, -0.25) is 4.79 Å². The molecule has 0 radical (unpaired) electrons. The average Bonchev–Trinajstić information content (AvgIpc) is 3.14. The van der Waals surface area contributed by atoms with Gasteiger partial charge >= 0.3 is 5.97 Å². The van der Waals surface area contributed by atoms with Gasteiger partial charge in [-0.15, -0.1) is 0 Å². The molecule has 0 aliphatic carbocycles. The van der Waals surface area contributed by atoms with Crippen LogP contribution in [0, 0.1) is 0 Å². The molecule has 9 nitrogen and oxygen atoms in total. The highest BCUT2D eigenvalue weighted by atomic mass is 16.7. The van der Waals surface area contributed by atoms with Gasteiger partial charge in [0, 0.05) is 13.0 Å². The Labute approximate surface area is 315 Å². The normalized spacial score (nSPS) is 21.8. The number of ether oxygens (including phenoxy) is 4. The van der Waals surface area contributed by atoms with Gasteiger partial charge < -0.3 is 39.4 Å². The molecule has 1 saturated heterocycles. The summed E-state index contributed by atoms with van der Waals surface area (Å²) in [4.78, 5) is 12.4. The second-order valence-electron chi connectivity index (χ2n) is 13.7. The van der Waals surface area contributed by atoms with Crippen molar-refractivity contribution in [3.05, 3.63) is 60.8 Å². The van der Waals surface area contributed by atoms with Crippen LogP contribution in [0.25, 0.3) is 0 Å². The standard InChI is InChI=1S/C43H74O9/c1-3-5-7-8-9-10-11-12-13-14-15-16-17-18-19-20-21-22-23-24-25-26-27-28-29-31-33-49-35-37(51-39(45)32-30-6-4-2)36-50-43-42(48)41(47)40(46)38(34-44)52-43/h5,7,9-10,12-13,15-16,18-19,37-38,40-44,46-48H,3-4,6,8,11,14,17,20-36H2,1-2H3/b7-5-,10-9-,13-12-,16-15-,19-18-. The van der Waals surface area contributed by atoms with Gasteiger partial charge in [-0.25, -0.2) is 0 Å². The van der Waals surface area contributed by atoms with Crippen molar-refractivity contribution in [2.24, 2.45) is 0 Å². The summed E-state index contributed by atoms with van der Waals surface area (Å²) in [7, 11) is 0. The summed E-state index contributed by atoms with van der Waals surface area (Å²) in [5.41, 5.74) is 0. The van der Waals surface area contributed by atoms with Crippen LogP contribution in [-0.4, -0.2) is 89.6 Å². The van der Waals surface area contributed by atoms with E-state index in [4.69, 9.17) is 18.9 Å². The van der Waals surface area contributed by atoms with E-state index in [1.54, 1.807) is 0 Å². The topological polar surface area (TPSA) is 135 Å². The van der Waals surface area contributed by atoms with Crippen molar-refractivity contribution in [1.29, 1.82) is 0 Å². The molecule has 6 unspecified atom stereocenters. The summed E-state index contributed by atoms with van der Waals surface area (Å²) < 4.78 is 22.4. The summed E-state index contributed by atoms with van der Waals surface area (Å²) in [5.74, 6) is -0.343. The summed E-state index contributed by atoms with van der Waals surface area (Å²) in [6, 6.07) is 0.